The predicted molar refractivity (Wildman–Crippen MR) is 171 cm³/mol. The third-order valence-electron chi connectivity index (χ3n) is 7.02. The van der Waals surface area contributed by atoms with E-state index in [2.05, 4.69) is 51.2 Å². The van der Waals surface area contributed by atoms with Crippen LogP contribution in [-0.2, 0) is 50.7 Å². The van der Waals surface area contributed by atoms with Crippen LogP contribution in [-0.4, -0.2) is 122 Å². The molecule has 2 fully saturated rings. The highest BCUT2D eigenvalue weighted by atomic mass is 16.7. The minimum atomic E-state index is -0.394. The summed E-state index contributed by atoms with van der Waals surface area (Å²) >= 11 is 0. The molecule has 2 aliphatic heterocycles. The molecule has 1 spiro atoms. The smallest absolute Gasteiger partial charge is 0.229 e. The van der Waals surface area contributed by atoms with Gasteiger partial charge in [0, 0.05) is 52.1 Å². The van der Waals surface area contributed by atoms with Gasteiger partial charge in [0.2, 0.25) is 23.8 Å². The van der Waals surface area contributed by atoms with Crippen LogP contribution < -0.4 is 21.3 Å². The molecule has 0 atom stereocenters. The van der Waals surface area contributed by atoms with Gasteiger partial charge in [-0.25, -0.2) is 0 Å². The van der Waals surface area contributed by atoms with Crippen molar-refractivity contribution in [2.45, 2.75) is 66.0 Å². The number of nitrogens with one attached hydrogen (secondary N) is 4. The number of hydrogen-bond acceptors (Lipinski definition) is 18. The highest BCUT2D eigenvalue weighted by Gasteiger charge is 2.42. The zero-order valence-corrected chi connectivity index (χ0v) is 27.9. The van der Waals surface area contributed by atoms with Gasteiger partial charge in [0.05, 0.1) is 31.8 Å². The topological polar surface area (TPSA) is 199 Å². The van der Waals surface area contributed by atoms with E-state index in [0.717, 1.165) is 0 Å². The van der Waals surface area contributed by atoms with Gasteiger partial charge in [0.15, 0.2) is 12.6 Å². The van der Waals surface area contributed by atoms with Crippen LogP contribution >= 0.6 is 0 Å². The summed E-state index contributed by atoms with van der Waals surface area (Å²) < 4.78 is 45.9. The summed E-state index contributed by atoms with van der Waals surface area (Å²) in [6, 6.07) is 0. The Morgan fingerprint density at radius 3 is 1.09 bits per heavy atom. The Morgan fingerprint density at radius 2 is 0.809 bits per heavy atom. The normalized spacial score (nSPS) is 21.1. The summed E-state index contributed by atoms with van der Waals surface area (Å²) in [7, 11) is 0. The van der Waals surface area contributed by atoms with Crippen molar-refractivity contribution in [3.05, 3.63) is 11.6 Å². The lowest BCUT2D eigenvalue weighted by Gasteiger charge is -2.43. The molecule has 0 saturated carbocycles. The number of anilines is 4. The molecule has 4 rings (SSSR count). The van der Waals surface area contributed by atoms with E-state index < -0.39 is 12.6 Å². The van der Waals surface area contributed by atoms with E-state index >= 15 is 0 Å². The molecule has 0 aliphatic carbocycles. The van der Waals surface area contributed by atoms with Crippen LogP contribution in [0.25, 0.3) is 0 Å². The van der Waals surface area contributed by atoms with Crippen LogP contribution in [0.5, 0.6) is 0 Å². The molecular formula is C29H50N10O8. The molecule has 0 amide bonds. The fourth-order valence-corrected chi connectivity index (χ4v) is 4.50. The highest BCUT2D eigenvalue weighted by molar-refractivity contribution is 5.34. The van der Waals surface area contributed by atoms with E-state index in [1.807, 2.05) is 27.7 Å². The fourth-order valence-electron chi connectivity index (χ4n) is 4.50. The Labute approximate surface area is 275 Å². The van der Waals surface area contributed by atoms with Gasteiger partial charge in [0.25, 0.3) is 0 Å². The van der Waals surface area contributed by atoms with Crippen LogP contribution in [0, 0.1) is 5.41 Å². The van der Waals surface area contributed by atoms with Gasteiger partial charge in [-0.3, -0.25) is 0 Å². The van der Waals surface area contributed by atoms with E-state index in [-0.39, 0.29) is 5.41 Å². The number of rotatable bonds is 22. The van der Waals surface area contributed by atoms with Crippen molar-refractivity contribution in [3.8, 4) is 0 Å². The SMILES string of the molecule is CCOCNc1nc(CCC2OCC3(CO2)COC(CCc2nc(NCOCC)nc(NCOCC)n2)OC3)nc(NCOCC)n1. The molecule has 0 radical (unpaired) electrons. The lowest BCUT2D eigenvalue weighted by molar-refractivity contribution is -0.303. The second-order valence-corrected chi connectivity index (χ2v) is 10.7. The molecule has 0 unspecified atom stereocenters. The lowest BCUT2D eigenvalue weighted by atomic mass is 9.90. The fraction of sp³-hybridized carbons (Fsp3) is 0.793. The van der Waals surface area contributed by atoms with Crippen molar-refractivity contribution in [1.29, 1.82) is 0 Å². The number of aryl methyl sites for hydroxylation is 2. The van der Waals surface area contributed by atoms with Gasteiger partial charge < -0.3 is 59.2 Å². The van der Waals surface area contributed by atoms with Crippen molar-refractivity contribution in [1.82, 2.24) is 29.9 Å². The Morgan fingerprint density at radius 1 is 0.511 bits per heavy atom. The first-order valence-corrected chi connectivity index (χ1v) is 16.3. The van der Waals surface area contributed by atoms with Crippen LogP contribution in [0.15, 0.2) is 0 Å². The molecule has 4 N–H and O–H groups in total. The summed E-state index contributed by atoms with van der Waals surface area (Å²) in [4.78, 5) is 26.8. The summed E-state index contributed by atoms with van der Waals surface area (Å²) in [6.45, 7) is 13.0. The van der Waals surface area contributed by atoms with E-state index in [9.17, 15) is 0 Å². The van der Waals surface area contributed by atoms with Gasteiger partial charge >= 0.3 is 0 Å². The standard InChI is InChI=1S/C29H50N10O8/c1-5-40-17-30-25-34-21(35-26(38-25)31-18-41-6-2)9-11-23-44-13-29(14-45-23)15-46-24(47-16-29)12-10-22-36-27(32-19-42-7-3)39-28(37-22)33-20-43-8-4/h23-24H,5-20H2,1-4H3,(H2,30,31,34,35,38)(H2,32,33,36,37,39). The monoisotopic (exact) mass is 666 g/mol. The third-order valence-corrected chi connectivity index (χ3v) is 7.02. The van der Waals surface area contributed by atoms with E-state index in [1.165, 1.54) is 0 Å². The van der Waals surface area contributed by atoms with Gasteiger partial charge in [0.1, 0.15) is 38.6 Å². The summed E-state index contributed by atoms with van der Waals surface area (Å²) in [5, 5.41) is 12.2. The van der Waals surface area contributed by atoms with Crippen molar-refractivity contribution >= 4 is 23.8 Å². The third kappa shape index (κ3) is 12.8. The molecule has 0 aromatic carbocycles. The first kappa shape index (κ1) is 36.7. The molecule has 47 heavy (non-hydrogen) atoms. The molecule has 2 aliphatic rings. The van der Waals surface area contributed by atoms with Crippen LogP contribution in [0.2, 0.25) is 0 Å². The zero-order chi connectivity index (χ0) is 33.2. The second-order valence-electron chi connectivity index (χ2n) is 10.7. The minimum absolute atomic E-state index is 0.297. The average molecular weight is 667 g/mol. The molecule has 0 bridgehead atoms. The largest absolute Gasteiger partial charge is 0.362 e. The Balaban J connectivity index is 1.21. The maximum Gasteiger partial charge on any atom is 0.229 e. The van der Waals surface area contributed by atoms with E-state index in [1.54, 1.807) is 0 Å². The highest BCUT2D eigenvalue weighted by Crippen LogP contribution is 2.32. The lowest BCUT2D eigenvalue weighted by Crippen LogP contribution is -2.52. The first-order valence-electron chi connectivity index (χ1n) is 16.3. The van der Waals surface area contributed by atoms with Crippen LogP contribution in [0.3, 0.4) is 0 Å². The predicted octanol–water partition coefficient (Wildman–Crippen LogP) is 1.98. The molecule has 2 saturated heterocycles. The molecule has 18 heteroatoms. The maximum absolute atomic E-state index is 6.10. The van der Waals surface area contributed by atoms with Gasteiger partial charge in [-0.1, -0.05) is 0 Å². The van der Waals surface area contributed by atoms with E-state index in [4.69, 9.17) is 37.9 Å². The van der Waals surface area contributed by atoms with Crippen LogP contribution in [0.1, 0.15) is 52.2 Å². The van der Waals surface area contributed by atoms with Crippen molar-refractivity contribution < 1.29 is 37.9 Å². The second kappa shape index (κ2) is 20.3. The number of aromatic nitrogens is 6. The Hall–Kier alpha value is -3.10. The Bertz CT molecular complexity index is 1020. The molecule has 264 valence electrons. The summed E-state index contributed by atoms with van der Waals surface area (Å²) in [5.41, 5.74) is -0.368. The van der Waals surface area contributed by atoms with Crippen LogP contribution in [0.4, 0.5) is 23.8 Å². The molecule has 4 heterocycles. The van der Waals surface area contributed by atoms with Gasteiger partial charge in [-0.05, 0) is 27.7 Å². The average Bonchev–Trinajstić information content (AvgIpc) is 3.08. The summed E-state index contributed by atoms with van der Waals surface area (Å²) in [6.07, 6.45) is 1.43. The van der Waals surface area contributed by atoms with Gasteiger partial charge in [-0.2, -0.15) is 29.9 Å². The molecule has 2 aromatic heterocycles. The first-order chi connectivity index (χ1) is 23.0. The molecular weight excluding hydrogens is 616 g/mol. The maximum atomic E-state index is 6.10. The summed E-state index contributed by atoms with van der Waals surface area (Å²) in [5.74, 6) is 2.89. The molecule has 2 aromatic rings. The van der Waals surface area contributed by atoms with Crippen molar-refractivity contribution in [2.75, 3.05) is 101 Å². The van der Waals surface area contributed by atoms with Gasteiger partial charge in [-0.15, -0.1) is 0 Å². The van der Waals surface area contributed by atoms with E-state index in [0.29, 0.717) is 141 Å². The number of hydrogen-bond donors (Lipinski definition) is 4. The molecule has 18 nitrogen and oxygen atoms in total. The van der Waals surface area contributed by atoms with Crippen molar-refractivity contribution in [3.63, 3.8) is 0 Å². The number of ether oxygens (including phenoxy) is 8. The Kier molecular flexibility index (Phi) is 15.9. The minimum Gasteiger partial charge on any atom is -0.362 e. The van der Waals surface area contributed by atoms with Crippen molar-refractivity contribution in [2.24, 2.45) is 5.41 Å². The quantitative estimate of drug-likeness (QED) is 0.105. The number of nitrogens with zero attached hydrogens (tertiary/aromatic N) is 6. The zero-order valence-electron chi connectivity index (χ0n) is 27.9.